The largest absolute Gasteiger partial charge is 0.418 e. The predicted molar refractivity (Wildman–Crippen MR) is 134 cm³/mol. The summed E-state index contributed by atoms with van der Waals surface area (Å²) in [6.45, 7) is 1.18. The first-order chi connectivity index (χ1) is 17.8. The Bertz CT molecular complexity index is 1510. The molecule has 194 valence electrons. The molecule has 4 aromatic rings. The second-order valence-corrected chi connectivity index (χ2v) is 10.5. The van der Waals surface area contributed by atoms with Crippen LogP contribution in [0.5, 0.6) is 0 Å². The molecule has 0 amide bonds. The molecule has 0 unspecified atom stereocenters. The Balaban J connectivity index is 1.40. The molecule has 2 saturated carbocycles. The SMILES string of the molecule is Cn1cnnc1C1(c2cccc(-n3cc(C(F)(F)F)c4cc(CNCCC5CC5)[nH]c4c3=O)c2)CCC1. The number of halogens is 3. The van der Waals surface area contributed by atoms with Gasteiger partial charge in [-0.3, -0.25) is 9.36 Å². The fraction of sp³-hybridized carbons (Fsp3) is 0.444. The van der Waals surface area contributed by atoms with E-state index in [2.05, 4.69) is 20.5 Å². The van der Waals surface area contributed by atoms with Crippen LogP contribution < -0.4 is 10.9 Å². The number of aromatic nitrogens is 5. The molecule has 2 fully saturated rings. The Hall–Kier alpha value is -3.40. The van der Waals surface area contributed by atoms with Gasteiger partial charge in [-0.1, -0.05) is 31.4 Å². The van der Waals surface area contributed by atoms with Crippen molar-refractivity contribution in [3.8, 4) is 5.69 Å². The molecule has 2 N–H and O–H groups in total. The Kier molecular flexibility index (Phi) is 5.74. The molecule has 0 bridgehead atoms. The minimum atomic E-state index is -4.61. The molecular weight excluding hydrogens is 481 g/mol. The summed E-state index contributed by atoms with van der Waals surface area (Å²) in [6.07, 6.45) is 4.27. The van der Waals surface area contributed by atoms with E-state index in [4.69, 9.17) is 0 Å². The number of nitrogens with zero attached hydrogens (tertiary/aromatic N) is 4. The van der Waals surface area contributed by atoms with Crippen molar-refractivity contribution in [3.05, 3.63) is 75.9 Å². The van der Waals surface area contributed by atoms with E-state index >= 15 is 0 Å². The summed E-state index contributed by atoms with van der Waals surface area (Å²) in [6, 6.07) is 8.66. The molecule has 0 saturated heterocycles. The van der Waals surface area contributed by atoms with E-state index < -0.39 is 17.3 Å². The molecule has 3 aromatic heterocycles. The number of fused-ring (bicyclic) bond motifs is 1. The van der Waals surface area contributed by atoms with Gasteiger partial charge < -0.3 is 14.9 Å². The summed E-state index contributed by atoms with van der Waals surface area (Å²) < 4.78 is 45.5. The summed E-state index contributed by atoms with van der Waals surface area (Å²) in [5.41, 5.74) is 0.127. The van der Waals surface area contributed by atoms with Crippen LogP contribution in [0, 0.1) is 5.92 Å². The number of benzene rings is 1. The first-order valence-corrected chi connectivity index (χ1v) is 12.8. The van der Waals surface area contributed by atoms with Crippen LogP contribution in [0.15, 0.2) is 47.7 Å². The first kappa shape index (κ1) is 24.0. The number of alkyl halides is 3. The lowest BCUT2D eigenvalue weighted by Gasteiger charge is -2.41. The Labute approximate surface area is 211 Å². The molecule has 0 aliphatic heterocycles. The van der Waals surface area contributed by atoms with Crippen molar-refractivity contribution in [3.63, 3.8) is 0 Å². The highest BCUT2D eigenvalue weighted by molar-refractivity contribution is 5.84. The number of aromatic amines is 1. The second-order valence-electron chi connectivity index (χ2n) is 10.5. The molecule has 6 rings (SSSR count). The van der Waals surface area contributed by atoms with Gasteiger partial charge in [0, 0.05) is 36.6 Å². The normalized spacial score (nSPS) is 17.3. The van der Waals surface area contributed by atoms with Crippen molar-refractivity contribution in [2.45, 2.75) is 56.7 Å². The molecule has 2 aliphatic carbocycles. The number of hydrogen-bond acceptors (Lipinski definition) is 4. The van der Waals surface area contributed by atoms with Crippen LogP contribution in [0.3, 0.4) is 0 Å². The van der Waals surface area contributed by atoms with Gasteiger partial charge in [0.05, 0.1) is 11.0 Å². The van der Waals surface area contributed by atoms with E-state index in [0.717, 1.165) is 60.3 Å². The molecule has 37 heavy (non-hydrogen) atoms. The van der Waals surface area contributed by atoms with Crippen LogP contribution in [-0.2, 0) is 25.2 Å². The summed E-state index contributed by atoms with van der Waals surface area (Å²) in [4.78, 5) is 16.5. The number of H-pyrrole nitrogens is 1. The summed E-state index contributed by atoms with van der Waals surface area (Å²) in [7, 11) is 1.89. The van der Waals surface area contributed by atoms with Crippen molar-refractivity contribution in [1.29, 1.82) is 0 Å². The molecular formula is C27H29F3N6O. The van der Waals surface area contributed by atoms with Gasteiger partial charge in [-0.15, -0.1) is 10.2 Å². The summed E-state index contributed by atoms with van der Waals surface area (Å²) in [5, 5.41) is 11.5. The average Bonchev–Trinajstić information content (AvgIpc) is 3.41. The average molecular weight is 511 g/mol. The standard InChI is InChI=1S/C27H29F3N6O/c1-35-16-32-34-25(35)26(9-3-10-26)18-4-2-5-20(12-18)36-15-22(27(28,29)30)21-13-19(33-23(21)24(36)37)14-31-11-8-17-6-7-17/h2,4-5,12-13,15-17,31,33H,3,6-11,14H2,1H3. The lowest BCUT2D eigenvalue weighted by atomic mass is 9.63. The van der Waals surface area contributed by atoms with E-state index in [1.54, 1.807) is 18.5 Å². The zero-order valence-electron chi connectivity index (χ0n) is 20.6. The number of aryl methyl sites for hydroxylation is 1. The molecule has 3 heterocycles. The zero-order chi connectivity index (χ0) is 25.8. The third-order valence-electron chi connectivity index (χ3n) is 7.93. The van der Waals surface area contributed by atoms with Gasteiger partial charge >= 0.3 is 6.18 Å². The van der Waals surface area contributed by atoms with Crippen LogP contribution in [0.1, 0.15) is 61.2 Å². The van der Waals surface area contributed by atoms with Crippen molar-refractivity contribution in [2.24, 2.45) is 13.0 Å². The van der Waals surface area contributed by atoms with Crippen LogP contribution in [0.4, 0.5) is 13.2 Å². The first-order valence-electron chi connectivity index (χ1n) is 12.8. The van der Waals surface area contributed by atoms with Gasteiger partial charge in [0.1, 0.15) is 17.7 Å². The third-order valence-corrected chi connectivity index (χ3v) is 7.93. The topological polar surface area (TPSA) is 80.5 Å². The minimum Gasteiger partial charge on any atom is -0.353 e. The lowest BCUT2D eigenvalue weighted by molar-refractivity contribution is -0.136. The molecule has 0 radical (unpaired) electrons. The van der Waals surface area contributed by atoms with Gasteiger partial charge in [0.2, 0.25) is 0 Å². The minimum absolute atomic E-state index is 0.0362. The molecule has 0 spiro atoms. The van der Waals surface area contributed by atoms with Crippen molar-refractivity contribution < 1.29 is 13.2 Å². The maximum atomic E-state index is 14.2. The Morgan fingerprint density at radius 3 is 2.68 bits per heavy atom. The van der Waals surface area contributed by atoms with E-state index in [9.17, 15) is 18.0 Å². The van der Waals surface area contributed by atoms with Crippen molar-refractivity contribution >= 4 is 10.9 Å². The second kappa shape index (κ2) is 8.86. The van der Waals surface area contributed by atoms with Crippen LogP contribution in [0.25, 0.3) is 16.6 Å². The highest BCUT2D eigenvalue weighted by Crippen LogP contribution is 2.48. The maximum Gasteiger partial charge on any atom is 0.418 e. The molecule has 7 nitrogen and oxygen atoms in total. The van der Waals surface area contributed by atoms with E-state index in [-0.39, 0.29) is 16.3 Å². The fourth-order valence-corrected chi connectivity index (χ4v) is 5.56. The van der Waals surface area contributed by atoms with E-state index in [1.807, 2.05) is 23.7 Å². The number of nitrogens with one attached hydrogen (secondary N) is 2. The smallest absolute Gasteiger partial charge is 0.353 e. The monoisotopic (exact) mass is 510 g/mol. The van der Waals surface area contributed by atoms with E-state index in [1.165, 1.54) is 18.9 Å². The molecule has 10 heteroatoms. The molecule has 0 atom stereocenters. The fourth-order valence-electron chi connectivity index (χ4n) is 5.56. The maximum absolute atomic E-state index is 14.2. The van der Waals surface area contributed by atoms with Gasteiger partial charge in [-0.2, -0.15) is 13.2 Å². The van der Waals surface area contributed by atoms with E-state index in [0.29, 0.717) is 17.9 Å². The van der Waals surface area contributed by atoms with Crippen LogP contribution >= 0.6 is 0 Å². The van der Waals surface area contributed by atoms with Crippen LogP contribution in [0.2, 0.25) is 0 Å². The predicted octanol–water partition coefficient (Wildman–Crippen LogP) is 4.83. The Morgan fingerprint density at radius 2 is 2.03 bits per heavy atom. The highest BCUT2D eigenvalue weighted by atomic mass is 19.4. The molecule has 2 aliphatic rings. The molecule has 1 aromatic carbocycles. The summed E-state index contributed by atoms with van der Waals surface area (Å²) >= 11 is 0. The number of pyridine rings is 1. The van der Waals surface area contributed by atoms with Gasteiger partial charge in [-0.05, 0) is 55.5 Å². The summed E-state index contributed by atoms with van der Waals surface area (Å²) in [5.74, 6) is 1.58. The lowest BCUT2D eigenvalue weighted by Crippen LogP contribution is -2.38. The zero-order valence-corrected chi connectivity index (χ0v) is 20.6. The van der Waals surface area contributed by atoms with Crippen molar-refractivity contribution in [1.82, 2.24) is 29.6 Å². The van der Waals surface area contributed by atoms with Gasteiger partial charge in [-0.25, -0.2) is 0 Å². The quantitative estimate of drug-likeness (QED) is 0.333. The van der Waals surface area contributed by atoms with Crippen molar-refractivity contribution in [2.75, 3.05) is 6.54 Å². The van der Waals surface area contributed by atoms with Gasteiger partial charge in [0.15, 0.2) is 0 Å². The van der Waals surface area contributed by atoms with Gasteiger partial charge in [0.25, 0.3) is 5.56 Å². The third kappa shape index (κ3) is 4.27. The number of hydrogen-bond donors (Lipinski definition) is 2. The highest BCUT2D eigenvalue weighted by Gasteiger charge is 2.44. The Morgan fingerprint density at radius 1 is 1.22 bits per heavy atom. The number of rotatable bonds is 8. The van der Waals surface area contributed by atoms with Crippen LogP contribution in [-0.4, -0.2) is 30.9 Å².